The zero-order valence-electron chi connectivity index (χ0n) is 12.1. The first-order valence-corrected chi connectivity index (χ1v) is 7.93. The van der Waals surface area contributed by atoms with Crippen molar-refractivity contribution in [3.8, 4) is 10.7 Å². The minimum absolute atomic E-state index is 0.00799. The molecule has 1 N–H and O–H groups in total. The lowest BCUT2D eigenvalue weighted by atomic mass is 10.1. The van der Waals surface area contributed by atoms with Gasteiger partial charge >= 0.3 is 0 Å². The van der Waals surface area contributed by atoms with Gasteiger partial charge in [0, 0.05) is 36.8 Å². The van der Waals surface area contributed by atoms with Crippen LogP contribution in [-0.4, -0.2) is 45.9 Å². The van der Waals surface area contributed by atoms with Gasteiger partial charge in [0.15, 0.2) is 0 Å². The van der Waals surface area contributed by atoms with Gasteiger partial charge in [-0.25, -0.2) is 4.98 Å². The Morgan fingerprint density at radius 2 is 2.10 bits per heavy atom. The zero-order chi connectivity index (χ0) is 14.8. The van der Waals surface area contributed by atoms with Gasteiger partial charge in [-0.2, -0.15) is 0 Å². The molecule has 0 aliphatic carbocycles. The highest BCUT2D eigenvalue weighted by molar-refractivity contribution is 7.13. The first-order valence-electron chi connectivity index (χ1n) is 7.05. The van der Waals surface area contributed by atoms with Crippen molar-refractivity contribution in [1.29, 1.82) is 0 Å². The summed E-state index contributed by atoms with van der Waals surface area (Å²) < 4.78 is 0. The number of thiazole rings is 1. The topological polar surface area (TPSA) is 58.1 Å². The van der Waals surface area contributed by atoms with Crippen LogP contribution in [0, 0.1) is 0 Å². The lowest BCUT2D eigenvalue weighted by Crippen LogP contribution is -2.55. The van der Waals surface area contributed by atoms with Gasteiger partial charge in [0.2, 0.25) is 0 Å². The highest BCUT2D eigenvalue weighted by atomic mass is 32.1. The molecule has 5 nitrogen and oxygen atoms in total. The third-order valence-corrected chi connectivity index (χ3v) is 4.32. The Kier molecular flexibility index (Phi) is 3.98. The van der Waals surface area contributed by atoms with Crippen LogP contribution < -0.4 is 5.32 Å². The summed E-state index contributed by atoms with van der Waals surface area (Å²) in [5.41, 5.74) is 1.32. The standard InChI is InChI=1S/C15H18N4OS/c1-10-7-19(8-11(2)17-10)15(20)13-9-21-14(18-13)12-5-3-4-6-16-12/h3-6,9-11,17H,7-8H2,1-2H3. The van der Waals surface area contributed by atoms with Crippen molar-refractivity contribution in [1.82, 2.24) is 20.2 Å². The lowest BCUT2D eigenvalue weighted by molar-refractivity contribution is 0.0669. The van der Waals surface area contributed by atoms with Gasteiger partial charge in [-0.15, -0.1) is 11.3 Å². The maximum absolute atomic E-state index is 12.6. The predicted octanol–water partition coefficient (Wildman–Crippen LogP) is 2.03. The first kappa shape index (κ1) is 14.2. The molecule has 2 atom stereocenters. The lowest BCUT2D eigenvalue weighted by Gasteiger charge is -2.35. The van der Waals surface area contributed by atoms with Crippen molar-refractivity contribution in [3.63, 3.8) is 0 Å². The van der Waals surface area contributed by atoms with Gasteiger partial charge in [0.25, 0.3) is 5.91 Å². The van der Waals surface area contributed by atoms with E-state index in [1.165, 1.54) is 11.3 Å². The van der Waals surface area contributed by atoms with Crippen molar-refractivity contribution < 1.29 is 4.79 Å². The molecule has 2 aromatic heterocycles. The fourth-order valence-electron chi connectivity index (χ4n) is 2.63. The number of aromatic nitrogens is 2. The van der Waals surface area contributed by atoms with Gasteiger partial charge in [0.05, 0.1) is 5.69 Å². The van der Waals surface area contributed by atoms with Crippen LogP contribution in [0.1, 0.15) is 24.3 Å². The Bertz CT molecular complexity index is 618. The third-order valence-electron chi connectivity index (χ3n) is 3.45. The molecule has 0 aromatic carbocycles. The van der Waals surface area contributed by atoms with Crippen LogP contribution in [0.2, 0.25) is 0 Å². The van der Waals surface area contributed by atoms with E-state index >= 15 is 0 Å². The van der Waals surface area contributed by atoms with E-state index in [9.17, 15) is 4.79 Å². The van der Waals surface area contributed by atoms with Crippen LogP contribution in [0.4, 0.5) is 0 Å². The van der Waals surface area contributed by atoms with Gasteiger partial charge in [0.1, 0.15) is 10.7 Å². The highest BCUT2D eigenvalue weighted by Gasteiger charge is 2.27. The average molecular weight is 302 g/mol. The fraction of sp³-hybridized carbons (Fsp3) is 0.400. The number of carbonyl (C=O) groups is 1. The highest BCUT2D eigenvalue weighted by Crippen LogP contribution is 2.22. The maximum atomic E-state index is 12.6. The van der Waals surface area contributed by atoms with Crippen LogP contribution in [0.25, 0.3) is 10.7 Å². The molecule has 1 fully saturated rings. The normalized spacial score (nSPS) is 22.3. The number of piperazine rings is 1. The fourth-order valence-corrected chi connectivity index (χ4v) is 3.40. The molecular weight excluding hydrogens is 284 g/mol. The van der Waals surface area contributed by atoms with Gasteiger partial charge in [-0.05, 0) is 26.0 Å². The second-order valence-electron chi connectivity index (χ2n) is 5.43. The molecule has 2 aromatic rings. The molecule has 21 heavy (non-hydrogen) atoms. The molecule has 1 aliphatic heterocycles. The number of rotatable bonds is 2. The number of pyridine rings is 1. The number of hydrogen-bond acceptors (Lipinski definition) is 5. The second-order valence-corrected chi connectivity index (χ2v) is 6.29. The molecule has 0 spiro atoms. The Morgan fingerprint density at radius 3 is 2.76 bits per heavy atom. The van der Waals surface area contributed by atoms with E-state index in [4.69, 9.17) is 0 Å². The minimum atomic E-state index is 0.00799. The Morgan fingerprint density at radius 1 is 1.33 bits per heavy atom. The van der Waals surface area contributed by atoms with E-state index in [-0.39, 0.29) is 5.91 Å². The zero-order valence-corrected chi connectivity index (χ0v) is 12.9. The van der Waals surface area contributed by atoms with Crippen molar-refractivity contribution >= 4 is 17.2 Å². The van der Waals surface area contributed by atoms with E-state index in [0.29, 0.717) is 17.8 Å². The molecule has 3 rings (SSSR count). The maximum Gasteiger partial charge on any atom is 0.273 e. The number of hydrogen-bond donors (Lipinski definition) is 1. The quantitative estimate of drug-likeness (QED) is 0.922. The summed E-state index contributed by atoms with van der Waals surface area (Å²) in [5, 5.41) is 6.04. The smallest absolute Gasteiger partial charge is 0.273 e. The van der Waals surface area contributed by atoms with Crippen LogP contribution in [0.3, 0.4) is 0 Å². The van der Waals surface area contributed by atoms with Crippen LogP contribution >= 0.6 is 11.3 Å². The Hall–Kier alpha value is -1.79. The Labute approximate surface area is 128 Å². The number of carbonyl (C=O) groups excluding carboxylic acids is 1. The summed E-state index contributed by atoms with van der Waals surface area (Å²) in [4.78, 5) is 23.2. The number of nitrogens with one attached hydrogen (secondary N) is 1. The van der Waals surface area contributed by atoms with Crippen molar-refractivity contribution in [2.45, 2.75) is 25.9 Å². The van der Waals surface area contributed by atoms with Crippen LogP contribution in [0.15, 0.2) is 29.8 Å². The largest absolute Gasteiger partial charge is 0.334 e. The van der Waals surface area contributed by atoms with E-state index < -0.39 is 0 Å². The molecule has 0 bridgehead atoms. The van der Waals surface area contributed by atoms with E-state index in [1.807, 2.05) is 28.5 Å². The molecule has 2 unspecified atom stereocenters. The van der Waals surface area contributed by atoms with Gasteiger partial charge < -0.3 is 10.2 Å². The van der Waals surface area contributed by atoms with Crippen molar-refractivity contribution in [2.24, 2.45) is 0 Å². The molecule has 0 radical (unpaired) electrons. The predicted molar refractivity (Wildman–Crippen MR) is 83.3 cm³/mol. The molecule has 1 saturated heterocycles. The second kappa shape index (κ2) is 5.91. The minimum Gasteiger partial charge on any atom is -0.334 e. The van der Waals surface area contributed by atoms with E-state index in [1.54, 1.807) is 6.20 Å². The monoisotopic (exact) mass is 302 g/mol. The van der Waals surface area contributed by atoms with E-state index in [0.717, 1.165) is 23.8 Å². The van der Waals surface area contributed by atoms with Gasteiger partial charge in [-0.1, -0.05) is 6.07 Å². The molecular formula is C15H18N4OS. The number of amides is 1. The summed E-state index contributed by atoms with van der Waals surface area (Å²) in [6, 6.07) is 6.32. The third kappa shape index (κ3) is 3.11. The van der Waals surface area contributed by atoms with Gasteiger partial charge in [-0.3, -0.25) is 9.78 Å². The molecule has 1 amide bonds. The molecule has 6 heteroatoms. The van der Waals surface area contributed by atoms with Crippen LogP contribution in [0.5, 0.6) is 0 Å². The molecule has 110 valence electrons. The van der Waals surface area contributed by atoms with E-state index in [2.05, 4.69) is 29.1 Å². The van der Waals surface area contributed by atoms with Crippen molar-refractivity contribution in [3.05, 3.63) is 35.5 Å². The summed E-state index contributed by atoms with van der Waals surface area (Å²) >= 11 is 1.46. The van der Waals surface area contributed by atoms with Crippen molar-refractivity contribution in [2.75, 3.05) is 13.1 Å². The van der Waals surface area contributed by atoms with Crippen LogP contribution in [-0.2, 0) is 0 Å². The SMILES string of the molecule is CC1CN(C(=O)c2csc(-c3ccccn3)n2)CC(C)N1. The average Bonchev–Trinajstić information content (AvgIpc) is 2.96. The summed E-state index contributed by atoms with van der Waals surface area (Å²) in [7, 11) is 0. The summed E-state index contributed by atoms with van der Waals surface area (Å²) in [6.45, 7) is 5.63. The molecule has 3 heterocycles. The Balaban J connectivity index is 1.78. The molecule has 0 saturated carbocycles. The first-order chi connectivity index (χ1) is 10.1. The molecule has 1 aliphatic rings. The number of nitrogens with zero attached hydrogens (tertiary/aromatic N) is 3. The summed E-state index contributed by atoms with van der Waals surface area (Å²) in [5.74, 6) is 0.00799. The summed E-state index contributed by atoms with van der Waals surface area (Å²) in [6.07, 6.45) is 1.73.